The summed E-state index contributed by atoms with van der Waals surface area (Å²) in [6.45, 7) is 2.13. The number of fused-ring (bicyclic) bond motifs is 6. The fourth-order valence-corrected chi connectivity index (χ4v) is 7.13. The van der Waals surface area contributed by atoms with Gasteiger partial charge in [-0.25, -0.2) is 0 Å². The van der Waals surface area contributed by atoms with E-state index in [1.54, 1.807) is 0 Å². The van der Waals surface area contributed by atoms with E-state index in [4.69, 9.17) is 9.47 Å². The SMILES string of the molecule is C[C@]12CC[C@H]3[C@@H](CC[C@]45O[C@H]4C(=O)[C@H]4O[C@H]4[C@]35O)[C@@H]1CCC2=O. The minimum Gasteiger partial charge on any atom is -0.384 e. The molecular weight excluding hydrogens is 296 g/mol. The predicted molar refractivity (Wildman–Crippen MR) is 77.5 cm³/mol. The summed E-state index contributed by atoms with van der Waals surface area (Å²) in [6, 6.07) is 0. The molecule has 4 aliphatic carbocycles. The summed E-state index contributed by atoms with van der Waals surface area (Å²) in [5.74, 6) is 1.29. The normalized spacial score (nSPS) is 65.1. The third-order valence-electron chi connectivity index (χ3n) is 8.40. The lowest BCUT2D eigenvalue weighted by molar-refractivity contribution is -0.179. The van der Waals surface area contributed by atoms with E-state index < -0.39 is 23.4 Å². The van der Waals surface area contributed by atoms with Crippen LogP contribution in [0.1, 0.15) is 45.4 Å². The first-order valence-electron chi connectivity index (χ1n) is 9.06. The van der Waals surface area contributed by atoms with E-state index >= 15 is 0 Å². The van der Waals surface area contributed by atoms with Crippen molar-refractivity contribution in [1.82, 2.24) is 0 Å². The van der Waals surface area contributed by atoms with Gasteiger partial charge >= 0.3 is 0 Å². The minimum atomic E-state index is -1.02. The molecule has 0 aromatic heterocycles. The number of ether oxygens (including phenoxy) is 2. The molecule has 0 aromatic rings. The van der Waals surface area contributed by atoms with Gasteiger partial charge in [0.05, 0.1) is 0 Å². The highest BCUT2D eigenvalue weighted by atomic mass is 16.7. The maximum atomic E-state index is 12.4. The zero-order valence-corrected chi connectivity index (χ0v) is 13.3. The van der Waals surface area contributed by atoms with E-state index in [9.17, 15) is 14.7 Å². The lowest BCUT2D eigenvalue weighted by Crippen LogP contribution is -2.67. The molecule has 0 bridgehead atoms. The summed E-state index contributed by atoms with van der Waals surface area (Å²) in [4.78, 5) is 24.6. The predicted octanol–water partition coefficient (Wildman–Crippen LogP) is 1.01. The number of epoxide rings is 2. The molecule has 0 radical (unpaired) electrons. The second-order valence-electron chi connectivity index (χ2n) is 8.93. The van der Waals surface area contributed by atoms with E-state index in [-0.39, 0.29) is 23.2 Å². The molecule has 5 heteroatoms. The monoisotopic (exact) mass is 318 g/mol. The Labute approximate surface area is 134 Å². The third kappa shape index (κ3) is 1.22. The summed E-state index contributed by atoms with van der Waals surface area (Å²) in [5, 5.41) is 11.7. The fourth-order valence-electron chi connectivity index (χ4n) is 7.13. The van der Waals surface area contributed by atoms with E-state index in [0.717, 1.165) is 32.1 Å². The van der Waals surface area contributed by atoms with Crippen LogP contribution in [0.2, 0.25) is 0 Å². The number of aliphatic hydroxyl groups is 1. The molecule has 124 valence electrons. The summed E-state index contributed by atoms with van der Waals surface area (Å²) in [6.07, 6.45) is 3.77. The Morgan fingerprint density at radius 3 is 2.78 bits per heavy atom. The van der Waals surface area contributed by atoms with Crippen molar-refractivity contribution in [3.63, 3.8) is 0 Å². The molecule has 2 saturated heterocycles. The molecule has 6 aliphatic rings. The molecule has 1 N–H and O–H groups in total. The topological polar surface area (TPSA) is 79.4 Å². The quantitative estimate of drug-likeness (QED) is 0.674. The molecule has 0 aromatic carbocycles. The number of rotatable bonds is 0. The Kier molecular flexibility index (Phi) is 2.10. The third-order valence-corrected chi connectivity index (χ3v) is 8.40. The lowest BCUT2D eigenvalue weighted by atomic mass is 9.48. The van der Waals surface area contributed by atoms with Crippen LogP contribution in [-0.2, 0) is 19.1 Å². The summed E-state index contributed by atoms with van der Waals surface area (Å²) in [5.41, 5.74) is -1.90. The maximum Gasteiger partial charge on any atom is 0.196 e. The molecule has 1 spiro atoms. The van der Waals surface area contributed by atoms with Crippen LogP contribution >= 0.6 is 0 Å². The molecule has 0 unspecified atom stereocenters. The first kappa shape index (κ1) is 13.5. The fraction of sp³-hybridized carbons (Fsp3) is 0.889. The first-order chi connectivity index (χ1) is 10.9. The van der Waals surface area contributed by atoms with Crippen molar-refractivity contribution in [2.24, 2.45) is 23.2 Å². The van der Waals surface area contributed by atoms with Gasteiger partial charge in [-0.15, -0.1) is 0 Å². The van der Waals surface area contributed by atoms with Crippen LogP contribution in [0.3, 0.4) is 0 Å². The van der Waals surface area contributed by atoms with Crippen LogP contribution in [-0.4, -0.2) is 46.2 Å². The molecule has 0 amide bonds. The highest BCUT2D eigenvalue weighted by molar-refractivity contribution is 5.96. The van der Waals surface area contributed by atoms with Gasteiger partial charge in [0.25, 0.3) is 0 Å². The number of ketones is 2. The Hall–Kier alpha value is -0.780. The van der Waals surface area contributed by atoms with Crippen LogP contribution in [0, 0.1) is 23.2 Å². The van der Waals surface area contributed by atoms with Gasteiger partial charge in [0.1, 0.15) is 29.2 Å². The lowest BCUT2D eigenvalue weighted by Gasteiger charge is -2.56. The van der Waals surface area contributed by atoms with E-state index in [0.29, 0.717) is 24.0 Å². The maximum absolute atomic E-state index is 12.4. The van der Waals surface area contributed by atoms with Gasteiger partial charge in [-0.3, -0.25) is 9.59 Å². The largest absolute Gasteiger partial charge is 0.384 e. The number of hydrogen-bond donors (Lipinski definition) is 1. The van der Waals surface area contributed by atoms with Gasteiger partial charge < -0.3 is 14.6 Å². The number of hydrogen-bond acceptors (Lipinski definition) is 5. The van der Waals surface area contributed by atoms with E-state index in [1.807, 2.05) is 0 Å². The molecule has 5 nitrogen and oxygen atoms in total. The molecule has 6 rings (SSSR count). The molecule has 23 heavy (non-hydrogen) atoms. The van der Waals surface area contributed by atoms with Crippen LogP contribution in [0.4, 0.5) is 0 Å². The van der Waals surface area contributed by atoms with Gasteiger partial charge in [0.2, 0.25) is 0 Å². The van der Waals surface area contributed by atoms with Gasteiger partial charge in [-0.05, 0) is 49.9 Å². The zero-order valence-electron chi connectivity index (χ0n) is 13.3. The Morgan fingerprint density at radius 1 is 1.13 bits per heavy atom. The minimum absolute atomic E-state index is 0.0369. The molecule has 4 saturated carbocycles. The standard InChI is InChI=1S/C18H22O5/c1-16-6-5-10-8(9(16)2-3-11(16)19)4-7-17-14(23-17)12(20)13-15(22-13)18(10,17)21/h8-10,13-15,21H,2-7H2,1H3/t8-,9-,10-,13+,14-,15+,16-,17-,18+/m0/s1. The average molecular weight is 318 g/mol. The van der Waals surface area contributed by atoms with Gasteiger partial charge in [-0.2, -0.15) is 0 Å². The van der Waals surface area contributed by atoms with Crippen molar-refractivity contribution in [2.75, 3.05) is 0 Å². The van der Waals surface area contributed by atoms with Crippen LogP contribution in [0.25, 0.3) is 0 Å². The van der Waals surface area contributed by atoms with Crippen molar-refractivity contribution in [3.05, 3.63) is 0 Å². The number of carbonyl (C=O) groups is 2. The molecule has 2 heterocycles. The Bertz CT molecular complexity index is 660. The summed E-state index contributed by atoms with van der Waals surface area (Å²) in [7, 11) is 0. The summed E-state index contributed by atoms with van der Waals surface area (Å²) < 4.78 is 11.5. The van der Waals surface area contributed by atoms with Crippen molar-refractivity contribution in [1.29, 1.82) is 0 Å². The van der Waals surface area contributed by atoms with E-state index in [2.05, 4.69) is 6.92 Å². The van der Waals surface area contributed by atoms with Crippen molar-refractivity contribution >= 4 is 11.6 Å². The van der Waals surface area contributed by atoms with Crippen molar-refractivity contribution in [3.8, 4) is 0 Å². The average Bonchev–Trinajstić information content (AvgIpc) is 3.41. The molecule has 6 fully saturated rings. The number of carbonyl (C=O) groups excluding carboxylic acids is 2. The van der Waals surface area contributed by atoms with Crippen LogP contribution in [0.5, 0.6) is 0 Å². The first-order valence-corrected chi connectivity index (χ1v) is 9.06. The molecule has 2 aliphatic heterocycles. The molecule has 9 atom stereocenters. The van der Waals surface area contributed by atoms with Crippen LogP contribution < -0.4 is 0 Å². The smallest absolute Gasteiger partial charge is 0.196 e. The van der Waals surface area contributed by atoms with Gasteiger partial charge in [-0.1, -0.05) is 6.92 Å². The Morgan fingerprint density at radius 2 is 1.96 bits per heavy atom. The van der Waals surface area contributed by atoms with Crippen molar-refractivity contribution in [2.45, 2.75) is 75.0 Å². The van der Waals surface area contributed by atoms with Crippen molar-refractivity contribution < 1.29 is 24.2 Å². The highest BCUT2D eigenvalue weighted by Crippen LogP contribution is 2.70. The molecular formula is C18H22O5. The van der Waals surface area contributed by atoms with Gasteiger partial charge in [0.15, 0.2) is 11.9 Å². The van der Waals surface area contributed by atoms with Crippen LogP contribution in [0.15, 0.2) is 0 Å². The highest BCUT2D eigenvalue weighted by Gasteiger charge is 2.87. The number of Topliss-reactive ketones (excluding diaryl/α,β-unsaturated/α-hetero) is 2. The van der Waals surface area contributed by atoms with E-state index in [1.165, 1.54) is 0 Å². The summed E-state index contributed by atoms with van der Waals surface area (Å²) >= 11 is 0. The second-order valence-corrected chi connectivity index (χ2v) is 8.93. The second kappa shape index (κ2) is 3.58. The Balaban J connectivity index is 1.43. The zero-order chi connectivity index (χ0) is 15.8. The van der Waals surface area contributed by atoms with Gasteiger partial charge in [0, 0.05) is 11.8 Å².